The van der Waals surface area contributed by atoms with Gasteiger partial charge in [-0.05, 0) is 43.0 Å². The summed E-state index contributed by atoms with van der Waals surface area (Å²) in [5.41, 5.74) is 1.10. The Morgan fingerprint density at radius 3 is 2.38 bits per heavy atom. The third-order valence-electron chi connectivity index (χ3n) is 5.03. The molecule has 5 nitrogen and oxygen atoms in total. The van der Waals surface area contributed by atoms with E-state index in [0.717, 1.165) is 51.1 Å². The Morgan fingerprint density at radius 2 is 1.79 bits per heavy atom. The van der Waals surface area contributed by atoms with Gasteiger partial charge in [0.1, 0.15) is 5.75 Å². The van der Waals surface area contributed by atoms with Crippen molar-refractivity contribution >= 4 is 17.6 Å². The maximum atomic E-state index is 12.1. The summed E-state index contributed by atoms with van der Waals surface area (Å²) < 4.78 is 5.50. The average Bonchev–Trinajstić information content (AvgIpc) is 3.35. The van der Waals surface area contributed by atoms with Crippen LogP contribution in [0.5, 0.6) is 5.75 Å². The molecule has 2 aliphatic rings. The molecule has 1 aliphatic heterocycles. The van der Waals surface area contributed by atoms with Crippen molar-refractivity contribution in [2.75, 3.05) is 31.1 Å². The highest BCUT2D eigenvalue weighted by molar-refractivity contribution is 5.78. The molecule has 1 saturated heterocycles. The van der Waals surface area contributed by atoms with Crippen LogP contribution in [-0.4, -0.2) is 43.0 Å². The predicted octanol–water partition coefficient (Wildman–Crippen LogP) is 2.70. The van der Waals surface area contributed by atoms with Gasteiger partial charge in [-0.3, -0.25) is 9.59 Å². The fourth-order valence-electron chi connectivity index (χ4n) is 3.42. The fraction of sp³-hybridized carbons (Fsp3) is 0.579. The van der Waals surface area contributed by atoms with Crippen LogP contribution < -0.4 is 9.64 Å². The topological polar surface area (TPSA) is 49.9 Å². The van der Waals surface area contributed by atoms with Gasteiger partial charge in [0, 0.05) is 38.8 Å². The molecule has 1 aliphatic carbocycles. The summed E-state index contributed by atoms with van der Waals surface area (Å²) >= 11 is 0. The highest BCUT2D eigenvalue weighted by Gasteiger charge is 2.43. The molecule has 1 aromatic rings. The van der Waals surface area contributed by atoms with Gasteiger partial charge in [-0.2, -0.15) is 0 Å². The number of piperazine rings is 1. The number of carbonyl (C=O) groups is 2. The number of hydrogen-bond donors (Lipinski definition) is 0. The van der Waals surface area contributed by atoms with E-state index in [1.807, 2.05) is 29.2 Å². The van der Waals surface area contributed by atoms with Crippen molar-refractivity contribution < 1.29 is 14.3 Å². The third kappa shape index (κ3) is 3.89. The molecule has 0 aromatic heterocycles. The number of rotatable bonds is 5. The Bertz CT molecular complexity index is 591. The van der Waals surface area contributed by atoms with E-state index >= 15 is 0 Å². The monoisotopic (exact) mass is 330 g/mol. The van der Waals surface area contributed by atoms with E-state index in [9.17, 15) is 9.59 Å². The quantitative estimate of drug-likeness (QED) is 0.615. The van der Waals surface area contributed by atoms with Crippen molar-refractivity contribution in [2.24, 2.45) is 11.8 Å². The lowest BCUT2D eigenvalue weighted by Gasteiger charge is -2.35. The summed E-state index contributed by atoms with van der Waals surface area (Å²) in [6, 6.07) is 7.70. The second kappa shape index (κ2) is 7.24. The Hall–Kier alpha value is -2.04. The standard InChI is InChI=1S/C19H26N2O3/c1-3-4-15-13-18(15)19(23)24-17-7-5-16(6-8-17)21-11-9-20(10-12-21)14(2)22/h5-8,15,18H,3-4,9-13H2,1-2H3/t15-,18-/m1/s1. The molecule has 1 aromatic carbocycles. The maximum Gasteiger partial charge on any atom is 0.314 e. The summed E-state index contributed by atoms with van der Waals surface area (Å²) in [4.78, 5) is 27.6. The number of ether oxygens (including phenoxy) is 1. The largest absolute Gasteiger partial charge is 0.426 e. The molecule has 2 atom stereocenters. The SMILES string of the molecule is CCC[C@@H]1C[C@H]1C(=O)Oc1ccc(N2CCN(C(C)=O)CC2)cc1. The van der Waals surface area contributed by atoms with E-state index in [1.165, 1.54) is 0 Å². The van der Waals surface area contributed by atoms with Crippen LogP contribution in [0.4, 0.5) is 5.69 Å². The Kier molecular flexibility index (Phi) is 5.07. The highest BCUT2D eigenvalue weighted by atomic mass is 16.5. The van der Waals surface area contributed by atoms with E-state index in [1.54, 1.807) is 6.92 Å². The molecule has 3 rings (SSSR count). The van der Waals surface area contributed by atoms with Crippen molar-refractivity contribution in [3.8, 4) is 5.75 Å². The molecule has 5 heteroatoms. The van der Waals surface area contributed by atoms with Crippen LogP contribution in [0.2, 0.25) is 0 Å². The molecule has 2 fully saturated rings. The van der Waals surface area contributed by atoms with Crippen LogP contribution >= 0.6 is 0 Å². The predicted molar refractivity (Wildman–Crippen MR) is 93.0 cm³/mol. The van der Waals surface area contributed by atoms with Gasteiger partial charge in [-0.1, -0.05) is 13.3 Å². The van der Waals surface area contributed by atoms with Crippen LogP contribution in [0, 0.1) is 11.8 Å². The molecule has 0 bridgehead atoms. The van der Waals surface area contributed by atoms with Gasteiger partial charge in [0.25, 0.3) is 0 Å². The summed E-state index contributed by atoms with van der Waals surface area (Å²) in [7, 11) is 0. The number of esters is 1. The summed E-state index contributed by atoms with van der Waals surface area (Å²) in [5.74, 6) is 1.30. The van der Waals surface area contributed by atoms with Gasteiger partial charge in [-0.15, -0.1) is 0 Å². The van der Waals surface area contributed by atoms with E-state index in [2.05, 4.69) is 11.8 Å². The second-order valence-corrected chi connectivity index (χ2v) is 6.80. The molecular weight excluding hydrogens is 304 g/mol. The van der Waals surface area contributed by atoms with E-state index in [4.69, 9.17) is 4.74 Å². The lowest BCUT2D eigenvalue weighted by atomic mass is 10.2. The minimum absolute atomic E-state index is 0.0868. The first-order valence-corrected chi connectivity index (χ1v) is 8.90. The van der Waals surface area contributed by atoms with Gasteiger partial charge in [0.2, 0.25) is 5.91 Å². The Labute approximate surface area is 143 Å². The summed E-state index contributed by atoms with van der Waals surface area (Å²) in [5, 5.41) is 0. The zero-order chi connectivity index (χ0) is 17.1. The second-order valence-electron chi connectivity index (χ2n) is 6.80. The number of carbonyl (C=O) groups excluding carboxylic acids is 2. The number of hydrogen-bond acceptors (Lipinski definition) is 4. The molecule has 0 radical (unpaired) electrons. The number of amides is 1. The van der Waals surface area contributed by atoms with E-state index in [0.29, 0.717) is 11.7 Å². The lowest BCUT2D eigenvalue weighted by Crippen LogP contribution is -2.48. The maximum absolute atomic E-state index is 12.1. The van der Waals surface area contributed by atoms with E-state index < -0.39 is 0 Å². The van der Waals surface area contributed by atoms with Crippen molar-refractivity contribution in [3.05, 3.63) is 24.3 Å². The lowest BCUT2D eigenvalue weighted by molar-refractivity contribution is -0.136. The smallest absolute Gasteiger partial charge is 0.314 e. The fourth-order valence-corrected chi connectivity index (χ4v) is 3.42. The molecule has 1 amide bonds. The Morgan fingerprint density at radius 1 is 1.12 bits per heavy atom. The van der Waals surface area contributed by atoms with Gasteiger partial charge in [0.05, 0.1) is 5.92 Å². The number of nitrogens with zero attached hydrogens (tertiary/aromatic N) is 2. The summed E-state index contributed by atoms with van der Waals surface area (Å²) in [6.45, 7) is 6.94. The first-order valence-electron chi connectivity index (χ1n) is 8.90. The Balaban J connectivity index is 1.51. The van der Waals surface area contributed by atoms with Crippen molar-refractivity contribution in [3.63, 3.8) is 0 Å². The zero-order valence-corrected chi connectivity index (χ0v) is 14.5. The number of benzene rings is 1. The van der Waals surface area contributed by atoms with Crippen LogP contribution in [0.1, 0.15) is 33.1 Å². The molecule has 1 saturated carbocycles. The highest BCUT2D eigenvalue weighted by Crippen LogP contribution is 2.43. The average molecular weight is 330 g/mol. The van der Waals surface area contributed by atoms with Crippen LogP contribution in [-0.2, 0) is 9.59 Å². The molecule has 24 heavy (non-hydrogen) atoms. The van der Waals surface area contributed by atoms with Gasteiger partial charge in [0.15, 0.2) is 0 Å². The molecular formula is C19H26N2O3. The molecule has 0 unspecified atom stereocenters. The van der Waals surface area contributed by atoms with Crippen LogP contribution in [0.25, 0.3) is 0 Å². The molecule has 1 heterocycles. The third-order valence-corrected chi connectivity index (χ3v) is 5.03. The minimum atomic E-state index is -0.0868. The van der Waals surface area contributed by atoms with E-state index in [-0.39, 0.29) is 17.8 Å². The van der Waals surface area contributed by atoms with Crippen molar-refractivity contribution in [1.82, 2.24) is 4.90 Å². The summed E-state index contributed by atoms with van der Waals surface area (Å²) in [6.07, 6.45) is 3.22. The van der Waals surface area contributed by atoms with Gasteiger partial charge >= 0.3 is 5.97 Å². The van der Waals surface area contributed by atoms with Gasteiger partial charge < -0.3 is 14.5 Å². The zero-order valence-electron chi connectivity index (χ0n) is 14.5. The first kappa shape index (κ1) is 16.8. The first-order chi connectivity index (χ1) is 11.6. The molecule has 0 spiro atoms. The van der Waals surface area contributed by atoms with Gasteiger partial charge in [-0.25, -0.2) is 0 Å². The van der Waals surface area contributed by atoms with Crippen molar-refractivity contribution in [2.45, 2.75) is 33.1 Å². The molecule has 0 N–H and O–H groups in total. The molecule has 130 valence electrons. The van der Waals surface area contributed by atoms with Crippen molar-refractivity contribution in [1.29, 1.82) is 0 Å². The minimum Gasteiger partial charge on any atom is -0.426 e. The van der Waals surface area contributed by atoms with Crippen LogP contribution in [0.3, 0.4) is 0 Å². The normalized spacial score (nSPS) is 23.1. The number of anilines is 1. The van der Waals surface area contributed by atoms with Crippen LogP contribution in [0.15, 0.2) is 24.3 Å².